The molecule has 0 saturated carbocycles. The number of carboxylic acid groups (broad SMARTS) is 1. The van der Waals surface area contributed by atoms with E-state index in [9.17, 15) is 9.59 Å². The molecule has 6 nitrogen and oxygen atoms in total. The van der Waals surface area contributed by atoms with Crippen LogP contribution in [0, 0.1) is 0 Å². The molecule has 2 fully saturated rings. The Morgan fingerprint density at radius 1 is 1.10 bits per heavy atom. The molecule has 1 unspecified atom stereocenters. The Bertz CT molecular complexity index is 354. The fourth-order valence-electron chi connectivity index (χ4n) is 3.26. The second kappa shape index (κ2) is 8.34. The number of carbonyl (C=O) groups excluding carboxylic acids is 1. The van der Waals surface area contributed by atoms with Crippen LogP contribution in [-0.4, -0.2) is 72.1 Å². The number of aliphatic carboxylic acids is 1. The first-order valence-electron chi connectivity index (χ1n) is 8.11. The number of amides is 1. The summed E-state index contributed by atoms with van der Waals surface area (Å²) in [4.78, 5) is 27.5. The average Bonchev–Trinajstić information content (AvgIpc) is 2.74. The van der Waals surface area contributed by atoms with E-state index >= 15 is 0 Å². The van der Waals surface area contributed by atoms with E-state index in [1.54, 1.807) is 0 Å². The SMILES string of the molecule is O=C(O)CCC1CCCCN1C(=O)CN1CCCNCC1. The molecule has 0 radical (unpaired) electrons. The number of piperidine rings is 1. The van der Waals surface area contributed by atoms with Gasteiger partial charge in [-0.3, -0.25) is 14.5 Å². The summed E-state index contributed by atoms with van der Waals surface area (Å²) in [5.74, 6) is -0.599. The van der Waals surface area contributed by atoms with Crippen LogP contribution in [-0.2, 0) is 9.59 Å². The first-order valence-corrected chi connectivity index (χ1v) is 8.11. The lowest BCUT2D eigenvalue weighted by Crippen LogP contribution is -2.48. The van der Waals surface area contributed by atoms with Gasteiger partial charge in [0.05, 0.1) is 6.54 Å². The lowest BCUT2D eigenvalue weighted by atomic mass is 9.98. The zero-order valence-corrected chi connectivity index (χ0v) is 12.7. The van der Waals surface area contributed by atoms with E-state index in [4.69, 9.17) is 5.11 Å². The number of likely N-dealkylation sites (tertiary alicyclic amines) is 1. The van der Waals surface area contributed by atoms with Crippen LogP contribution in [0.15, 0.2) is 0 Å². The fourth-order valence-corrected chi connectivity index (χ4v) is 3.26. The normalized spacial score (nSPS) is 24.6. The van der Waals surface area contributed by atoms with Gasteiger partial charge in [0.25, 0.3) is 0 Å². The predicted molar refractivity (Wildman–Crippen MR) is 80.1 cm³/mol. The fraction of sp³-hybridized carbons (Fsp3) is 0.867. The van der Waals surface area contributed by atoms with Crippen LogP contribution in [0.3, 0.4) is 0 Å². The van der Waals surface area contributed by atoms with Gasteiger partial charge in [0.2, 0.25) is 5.91 Å². The maximum absolute atomic E-state index is 12.6. The molecule has 0 aromatic rings. The maximum atomic E-state index is 12.6. The number of rotatable bonds is 5. The zero-order valence-electron chi connectivity index (χ0n) is 12.7. The number of nitrogens with zero attached hydrogens (tertiary/aromatic N) is 2. The Hall–Kier alpha value is -1.14. The highest BCUT2D eigenvalue weighted by molar-refractivity contribution is 5.78. The van der Waals surface area contributed by atoms with Crippen LogP contribution >= 0.6 is 0 Å². The quantitative estimate of drug-likeness (QED) is 0.774. The number of hydrogen-bond donors (Lipinski definition) is 2. The van der Waals surface area contributed by atoms with E-state index in [1.807, 2.05) is 4.90 Å². The van der Waals surface area contributed by atoms with Crippen molar-refractivity contribution >= 4 is 11.9 Å². The van der Waals surface area contributed by atoms with Gasteiger partial charge in [0, 0.05) is 32.1 Å². The Labute approximate surface area is 126 Å². The van der Waals surface area contributed by atoms with Crippen LogP contribution < -0.4 is 5.32 Å². The van der Waals surface area contributed by atoms with Crippen molar-refractivity contribution in [2.24, 2.45) is 0 Å². The Kier molecular flexibility index (Phi) is 6.45. The standard InChI is InChI=1S/C15H27N3O3/c19-14(12-17-9-3-7-16-8-11-17)18-10-2-1-4-13(18)5-6-15(20)21/h13,16H,1-12H2,(H,20,21). The molecule has 1 atom stereocenters. The molecule has 2 rings (SSSR count). The third-order valence-corrected chi connectivity index (χ3v) is 4.43. The third-order valence-electron chi connectivity index (χ3n) is 4.43. The van der Waals surface area contributed by atoms with Gasteiger partial charge in [0.1, 0.15) is 0 Å². The molecule has 2 N–H and O–H groups in total. The van der Waals surface area contributed by atoms with Crippen LogP contribution in [0.25, 0.3) is 0 Å². The minimum absolute atomic E-state index is 0.118. The van der Waals surface area contributed by atoms with Crippen molar-refractivity contribution in [3.05, 3.63) is 0 Å². The summed E-state index contributed by atoms with van der Waals surface area (Å²) in [6.07, 6.45) is 4.90. The Balaban J connectivity index is 1.86. The summed E-state index contributed by atoms with van der Waals surface area (Å²) in [6, 6.07) is 0.118. The molecule has 0 spiro atoms. The highest BCUT2D eigenvalue weighted by Crippen LogP contribution is 2.21. The van der Waals surface area contributed by atoms with E-state index in [0.29, 0.717) is 13.0 Å². The molecule has 2 saturated heterocycles. The molecule has 2 aliphatic heterocycles. The van der Waals surface area contributed by atoms with Crippen molar-refractivity contribution in [3.63, 3.8) is 0 Å². The van der Waals surface area contributed by atoms with Gasteiger partial charge in [-0.25, -0.2) is 0 Å². The molecule has 0 bridgehead atoms. The van der Waals surface area contributed by atoms with Crippen molar-refractivity contribution in [1.29, 1.82) is 0 Å². The highest BCUT2D eigenvalue weighted by atomic mass is 16.4. The number of nitrogens with one attached hydrogen (secondary N) is 1. The van der Waals surface area contributed by atoms with Crippen LogP contribution in [0.1, 0.15) is 38.5 Å². The monoisotopic (exact) mass is 297 g/mol. The lowest BCUT2D eigenvalue weighted by molar-refractivity contribution is -0.140. The van der Waals surface area contributed by atoms with Crippen LogP contribution in [0.2, 0.25) is 0 Å². The van der Waals surface area contributed by atoms with Crippen molar-refractivity contribution in [3.8, 4) is 0 Å². The molecule has 0 aliphatic carbocycles. The lowest BCUT2D eigenvalue weighted by Gasteiger charge is -2.37. The molecule has 6 heteroatoms. The smallest absolute Gasteiger partial charge is 0.303 e. The molecule has 0 aromatic carbocycles. The molecule has 2 aliphatic rings. The molecule has 1 amide bonds. The van der Waals surface area contributed by atoms with E-state index in [2.05, 4.69) is 10.2 Å². The molecule has 0 aromatic heterocycles. The minimum Gasteiger partial charge on any atom is -0.481 e. The highest BCUT2D eigenvalue weighted by Gasteiger charge is 2.28. The third kappa shape index (κ3) is 5.28. The van der Waals surface area contributed by atoms with Gasteiger partial charge >= 0.3 is 5.97 Å². The summed E-state index contributed by atoms with van der Waals surface area (Å²) < 4.78 is 0. The van der Waals surface area contributed by atoms with Gasteiger partial charge in [-0.1, -0.05) is 0 Å². The zero-order chi connectivity index (χ0) is 15.1. The van der Waals surface area contributed by atoms with E-state index in [0.717, 1.165) is 58.4 Å². The molecule has 2 heterocycles. The summed E-state index contributed by atoms with van der Waals surface area (Å²) in [5, 5.41) is 12.2. The minimum atomic E-state index is -0.772. The van der Waals surface area contributed by atoms with Gasteiger partial charge in [-0.15, -0.1) is 0 Å². The second-order valence-corrected chi connectivity index (χ2v) is 6.05. The van der Waals surface area contributed by atoms with Gasteiger partial charge in [-0.2, -0.15) is 0 Å². The van der Waals surface area contributed by atoms with Gasteiger partial charge < -0.3 is 15.3 Å². The van der Waals surface area contributed by atoms with Crippen molar-refractivity contribution in [2.75, 3.05) is 39.3 Å². The average molecular weight is 297 g/mol. The summed E-state index contributed by atoms with van der Waals surface area (Å²) >= 11 is 0. The van der Waals surface area contributed by atoms with Gasteiger partial charge in [0.15, 0.2) is 0 Å². The first-order chi connectivity index (χ1) is 10.2. The molecular formula is C15H27N3O3. The van der Waals surface area contributed by atoms with E-state index in [1.165, 1.54) is 0 Å². The predicted octanol–water partition coefficient (Wildman–Crippen LogP) is 0.528. The van der Waals surface area contributed by atoms with Crippen molar-refractivity contribution in [1.82, 2.24) is 15.1 Å². The number of carboxylic acids is 1. The van der Waals surface area contributed by atoms with Crippen molar-refractivity contribution in [2.45, 2.75) is 44.6 Å². The topological polar surface area (TPSA) is 72.9 Å². The van der Waals surface area contributed by atoms with E-state index in [-0.39, 0.29) is 18.4 Å². The Morgan fingerprint density at radius 2 is 1.95 bits per heavy atom. The first kappa shape index (κ1) is 16.2. The number of carbonyl (C=O) groups is 2. The summed E-state index contributed by atoms with van der Waals surface area (Å²) in [5.41, 5.74) is 0. The van der Waals surface area contributed by atoms with Crippen molar-refractivity contribution < 1.29 is 14.7 Å². The second-order valence-electron chi connectivity index (χ2n) is 6.05. The molecule has 120 valence electrons. The van der Waals surface area contributed by atoms with Crippen LogP contribution in [0.5, 0.6) is 0 Å². The number of hydrogen-bond acceptors (Lipinski definition) is 4. The summed E-state index contributed by atoms with van der Waals surface area (Å²) in [7, 11) is 0. The maximum Gasteiger partial charge on any atom is 0.303 e. The van der Waals surface area contributed by atoms with E-state index < -0.39 is 5.97 Å². The largest absolute Gasteiger partial charge is 0.481 e. The Morgan fingerprint density at radius 3 is 2.76 bits per heavy atom. The molecular weight excluding hydrogens is 270 g/mol. The summed E-state index contributed by atoms with van der Waals surface area (Å²) in [6.45, 7) is 5.11. The van der Waals surface area contributed by atoms with Gasteiger partial charge in [-0.05, 0) is 45.2 Å². The van der Waals surface area contributed by atoms with Crippen LogP contribution in [0.4, 0.5) is 0 Å². The molecule has 21 heavy (non-hydrogen) atoms.